The highest BCUT2D eigenvalue weighted by atomic mass is 16.6. The Morgan fingerprint density at radius 1 is 1.57 bits per heavy atom. The van der Waals surface area contributed by atoms with Crippen molar-refractivity contribution in [3.8, 4) is 0 Å². The third-order valence-electron chi connectivity index (χ3n) is 3.40. The first-order valence-electron chi connectivity index (χ1n) is 6.82. The summed E-state index contributed by atoms with van der Waals surface area (Å²) in [6.07, 6.45) is 2.32. The van der Waals surface area contributed by atoms with Crippen molar-refractivity contribution in [2.24, 2.45) is 5.92 Å². The van der Waals surface area contributed by atoms with Crippen molar-refractivity contribution in [2.75, 3.05) is 6.54 Å². The summed E-state index contributed by atoms with van der Waals surface area (Å²) in [7, 11) is 0. The average molecular weight is 298 g/mol. The zero-order valence-electron chi connectivity index (χ0n) is 12.7. The van der Waals surface area contributed by atoms with Crippen molar-refractivity contribution in [2.45, 2.75) is 45.8 Å². The van der Waals surface area contributed by atoms with Crippen molar-refractivity contribution in [1.82, 2.24) is 15.1 Å². The lowest BCUT2D eigenvalue weighted by atomic mass is 10.0. The highest BCUT2D eigenvalue weighted by Crippen LogP contribution is 2.18. The number of aliphatic hydroxyl groups excluding tert-OH is 1. The number of rotatable bonds is 7. The summed E-state index contributed by atoms with van der Waals surface area (Å²) in [5.41, 5.74) is -1.21. The maximum absolute atomic E-state index is 12.2. The summed E-state index contributed by atoms with van der Waals surface area (Å²) in [6.45, 7) is 7.39. The number of carbonyl (C=O) groups is 1. The number of hydrogen-bond donors (Lipinski definition) is 2. The predicted octanol–water partition coefficient (Wildman–Crippen LogP) is 1.05. The van der Waals surface area contributed by atoms with Gasteiger partial charge in [0.1, 0.15) is 17.9 Å². The number of hydrogen-bond acceptors (Lipinski definition) is 5. The van der Waals surface area contributed by atoms with Gasteiger partial charge in [-0.25, -0.2) is 0 Å². The van der Waals surface area contributed by atoms with Crippen molar-refractivity contribution in [3.63, 3.8) is 0 Å². The summed E-state index contributed by atoms with van der Waals surface area (Å²) in [5.74, 6) is -0.180. The topological polar surface area (TPSA) is 110 Å². The fraction of sp³-hybridized carbons (Fsp3) is 0.692. The van der Waals surface area contributed by atoms with E-state index in [1.807, 2.05) is 13.8 Å². The Balaban J connectivity index is 2.64. The Kier molecular flexibility index (Phi) is 5.42. The first-order valence-corrected chi connectivity index (χ1v) is 6.82. The number of nitrogens with zero attached hydrogens (tertiary/aromatic N) is 3. The molecule has 0 aromatic carbocycles. The van der Waals surface area contributed by atoms with E-state index in [-0.39, 0.29) is 17.5 Å². The Morgan fingerprint density at radius 2 is 2.19 bits per heavy atom. The fourth-order valence-corrected chi connectivity index (χ4v) is 1.70. The largest absolute Gasteiger partial charge is 0.393 e. The van der Waals surface area contributed by atoms with Crippen LogP contribution in [0.3, 0.4) is 0 Å². The van der Waals surface area contributed by atoms with Crippen molar-refractivity contribution >= 4 is 11.6 Å². The molecule has 0 spiro atoms. The van der Waals surface area contributed by atoms with Gasteiger partial charge in [-0.15, -0.1) is 0 Å². The molecule has 1 atom stereocenters. The third kappa shape index (κ3) is 4.25. The molecule has 1 amide bonds. The maximum atomic E-state index is 12.2. The molecule has 0 aliphatic rings. The van der Waals surface area contributed by atoms with Gasteiger partial charge in [0.15, 0.2) is 0 Å². The van der Waals surface area contributed by atoms with E-state index in [9.17, 15) is 20.0 Å². The van der Waals surface area contributed by atoms with Crippen LogP contribution in [0.5, 0.6) is 0 Å². The maximum Gasteiger partial charge on any atom is 0.307 e. The molecule has 1 aromatic rings. The van der Waals surface area contributed by atoms with Crippen molar-refractivity contribution in [3.05, 3.63) is 22.5 Å². The number of nitro groups is 1. The Hall–Kier alpha value is -1.96. The minimum atomic E-state index is -1.04. The van der Waals surface area contributed by atoms with Crippen molar-refractivity contribution in [1.29, 1.82) is 0 Å². The fourth-order valence-electron chi connectivity index (χ4n) is 1.70. The molecular formula is C13H22N4O4. The van der Waals surface area contributed by atoms with E-state index in [0.29, 0.717) is 13.0 Å². The van der Waals surface area contributed by atoms with Gasteiger partial charge >= 0.3 is 5.69 Å². The molecule has 2 N–H and O–H groups in total. The minimum absolute atomic E-state index is 0.128. The van der Waals surface area contributed by atoms with Gasteiger partial charge in [0.05, 0.1) is 11.0 Å². The van der Waals surface area contributed by atoms with E-state index in [4.69, 9.17) is 0 Å². The lowest BCUT2D eigenvalue weighted by molar-refractivity contribution is -0.385. The van der Waals surface area contributed by atoms with Crippen LogP contribution in [0.25, 0.3) is 0 Å². The molecule has 1 rings (SSSR count). The molecule has 0 radical (unpaired) electrons. The Morgan fingerprint density at radius 3 is 2.67 bits per heavy atom. The van der Waals surface area contributed by atoms with Crippen LogP contribution < -0.4 is 5.32 Å². The lowest BCUT2D eigenvalue weighted by Crippen LogP contribution is -2.45. The molecule has 0 aliphatic carbocycles. The Labute approximate surface area is 123 Å². The summed E-state index contributed by atoms with van der Waals surface area (Å²) < 4.78 is 1.26. The number of nitrogens with one attached hydrogen (secondary N) is 1. The van der Waals surface area contributed by atoms with Gasteiger partial charge in [-0.2, -0.15) is 5.10 Å². The van der Waals surface area contributed by atoms with Gasteiger partial charge in [0.2, 0.25) is 5.91 Å². The van der Waals surface area contributed by atoms with E-state index in [1.54, 1.807) is 13.8 Å². The van der Waals surface area contributed by atoms with E-state index in [1.165, 1.54) is 10.9 Å². The second kappa shape index (κ2) is 6.66. The molecule has 1 heterocycles. The zero-order valence-corrected chi connectivity index (χ0v) is 12.7. The first kappa shape index (κ1) is 17.1. The van der Waals surface area contributed by atoms with Crippen LogP contribution in [-0.4, -0.2) is 38.4 Å². The molecule has 8 heteroatoms. The van der Waals surface area contributed by atoms with Crippen LogP contribution in [0.2, 0.25) is 0 Å². The molecule has 8 nitrogen and oxygen atoms in total. The van der Waals surface area contributed by atoms with E-state index in [2.05, 4.69) is 10.4 Å². The van der Waals surface area contributed by atoms with Crippen LogP contribution in [0.15, 0.2) is 12.4 Å². The quantitative estimate of drug-likeness (QED) is 0.577. The molecule has 118 valence electrons. The predicted molar refractivity (Wildman–Crippen MR) is 76.7 cm³/mol. The smallest absolute Gasteiger partial charge is 0.307 e. The van der Waals surface area contributed by atoms with Crippen LogP contribution in [-0.2, 0) is 10.3 Å². The second-order valence-electron chi connectivity index (χ2n) is 5.82. The van der Waals surface area contributed by atoms with E-state index < -0.39 is 16.6 Å². The van der Waals surface area contributed by atoms with Gasteiger partial charge in [-0.05, 0) is 26.2 Å². The van der Waals surface area contributed by atoms with E-state index >= 15 is 0 Å². The molecular weight excluding hydrogens is 276 g/mol. The molecule has 0 aliphatic heterocycles. The molecule has 21 heavy (non-hydrogen) atoms. The molecule has 1 aromatic heterocycles. The first-order chi connectivity index (χ1) is 9.66. The molecule has 0 saturated heterocycles. The molecule has 0 fully saturated rings. The number of aromatic nitrogens is 2. The van der Waals surface area contributed by atoms with Crippen LogP contribution in [0, 0.1) is 16.0 Å². The van der Waals surface area contributed by atoms with Crippen molar-refractivity contribution < 1.29 is 14.8 Å². The van der Waals surface area contributed by atoms with Gasteiger partial charge in [0, 0.05) is 6.54 Å². The standard InChI is InChI=1S/C13H22N4O4/c1-9(2)11(18)5-6-14-12(19)13(3,4)16-8-10(7-15-16)17(20)21/h7-9,11,18H,5-6H2,1-4H3,(H,14,19). The highest BCUT2D eigenvalue weighted by Gasteiger charge is 2.31. The zero-order chi connectivity index (χ0) is 16.2. The third-order valence-corrected chi connectivity index (χ3v) is 3.40. The minimum Gasteiger partial charge on any atom is -0.393 e. The van der Waals surface area contributed by atoms with Crippen LogP contribution in [0.4, 0.5) is 5.69 Å². The highest BCUT2D eigenvalue weighted by molar-refractivity contribution is 5.83. The normalized spacial score (nSPS) is 13.2. The average Bonchev–Trinajstić information content (AvgIpc) is 2.88. The molecule has 0 bridgehead atoms. The van der Waals surface area contributed by atoms with Gasteiger partial charge in [-0.3, -0.25) is 19.6 Å². The summed E-state index contributed by atoms with van der Waals surface area (Å²) in [6, 6.07) is 0. The number of amides is 1. The lowest BCUT2D eigenvalue weighted by Gasteiger charge is -2.24. The monoisotopic (exact) mass is 298 g/mol. The summed E-state index contributed by atoms with van der Waals surface area (Å²) >= 11 is 0. The van der Waals surface area contributed by atoms with Crippen LogP contribution >= 0.6 is 0 Å². The van der Waals surface area contributed by atoms with Crippen LogP contribution in [0.1, 0.15) is 34.1 Å². The summed E-state index contributed by atoms with van der Waals surface area (Å²) in [5, 5.41) is 26.9. The number of carbonyl (C=O) groups excluding carboxylic acids is 1. The number of aliphatic hydroxyl groups is 1. The SMILES string of the molecule is CC(C)C(O)CCNC(=O)C(C)(C)n1cc([N+](=O)[O-])cn1. The Bertz CT molecular complexity index is 510. The molecule has 1 unspecified atom stereocenters. The van der Waals surface area contributed by atoms with Gasteiger partial charge < -0.3 is 10.4 Å². The summed E-state index contributed by atoms with van der Waals surface area (Å²) in [4.78, 5) is 22.3. The van der Waals surface area contributed by atoms with E-state index in [0.717, 1.165) is 6.20 Å². The second-order valence-corrected chi connectivity index (χ2v) is 5.82. The molecule has 0 saturated carbocycles. The van der Waals surface area contributed by atoms with Gasteiger partial charge in [-0.1, -0.05) is 13.8 Å². The van der Waals surface area contributed by atoms with Gasteiger partial charge in [0.25, 0.3) is 0 Å².